The Bertz CT molecular complexity index is 345. The van der Waals surface area contributed by atoms with E-state index in [0.29, 0.717) is 5.56 Å². The fourth-order valence-corrected chi connectivity index (χ4v) is 1.80. The average molecular weight is 199 g/mol. The molecular formula is C8H9NO3S. The van der Waals surface area contributed by atoms with Gasteiger partial charge in [0.25, 0.3) is 0 Å². The molecule has 70 valence electrons. The molecule has 0 saturated carbocycles. The van der Waals surface area contributed by atoms with Crippen molar-refractivity contribution in [2.45, 2.75) is 13.0 Å². The normalized spacial score (nSPS) is 12.5. The molecule has 1 aromatic heterocycles. The first-order valence-corrected chi connectivity index (χ1v) is 4.53. The van der Waals surface area contributed by atoms with Crippen molar-refractivity contribution in [3.63, 3.8) is 0 Å². The molecule has 0 bridgehead atoms. The van der Waals surface area contributed by atoms with Crippen LogP contribution in [-0.4, -0.2) is 16.9 Å². The van der Waals surface area contributed by atoms with Gasteiger partial charge >= 0.3 is 5.97 Å². The molecule has 0 aromatic carbocycles. The summed E-state index contributed by atoms with van der Waals surface area (Å²) in [7, 11) is 0. The largest absolute Gasteiger partial charge is 0.478 e. The molecule has 0 saturated heterocycles. The van der Waals surface area contributed by atoms with E-state index >= 15 is 0 Å². The maximum absolute atomic E-state index is 10.9. The quantitative estimate of drug-likeness (QED) is 0.762. The van der Waals surface area contributed by atoms with E-state index < -0.39 is 12.0 Å². The lowest BCUT2D eigenvalue weighted by Crippen LogP contribution is -2.20. The molecule has 0 radical (unpaired) electrons. The van der Waals surface area contributed by atoms with Crippen molar-refractivity contribution in [3.05, 3.63) is 21.9 Å². The summed E-state index contributed by atoms with van der Waals surface area (Å²) in [5.41, 5.74) is 6.03. The monoisotopic (exact) mass is 199 g/mol. The third-order valence-electron chi connectivity index (χ3n) is 1.70. The number of carboxylic acid groups (broad SMARTS) is 1. The van der Waals surface area contributed by atoms with Crippen LogP contribution in [0.3, 0.4) is 0 Å². The van der Waals surface area contributed by atoms with Crippen LogP contribution >= 0.6 is 11.3 Å². The average Bonchev–Trinajstić information content (AvgIpc) is 2.50. The molecule has 0 aliphatic carbocycles. The topological polar surface area (TPSA) is 80.4 Å². The third kappa shape index (κ3) is 1.93. The van der Waals surface area contributed by atoms with Crippen LogP contribution in [0.4, 0.5) is 0 Å². The molecule has 1 heterocycles. The van der Waals surface area contributed by atoms with Crippen molar-refractivity contribution >= 4 is 23.1 Å². The van der Waals surface area contributed by atoms with Crippen molar-refractivity contribution < 1.29 is 14.7 Å². The second-order valence-corrected chi connectivity index (χ2v) is 3.38. The zero-order valence-electron chi connectivity index (χ0n) is 6.98. The van der Waals surface area contributed by atoms with Gasteiger partial charge in [0, 0.05) is 10.9 Å². The standard InChI is InChI=1S/C8H9NO3S/c1-4(10)7(9)5-2-13-3-6(5)8(11)12/h2-3,7H,9H2,1H3,(H,11,12). The summed E-state index contributed by atoms with van der Waals surface area (Å²) >= 11 is 1.23. The van der Waals surface area contributed by atoms with E-state index in [0.717, 1.165) is 0 Å². The Morgan fingerprint density at radius 1 is 1.54 bits per heavy atom. The zero-order chi connectivity index (χ0) is 10.0. The van der Waals surface area contributed by atoms with Crippen LogP contribution < -0.4 is 5.73 Å². The molecule has 0 amide bonds. The van der Waals surface area contributed by atoms with Gasteiger partial charge in [-0.15, -0.1) is 0 Å². The van der Waals surface area contributed by atoms with Crippen molar-refractivity contribution in [2.75, 3.05) is 0 Å². The number of nitrogens with two attached hydrogens (primary N) is 1. The zero-order valence-corrected chi connectivity index (χ0v) is 7.80. The van der Waals surface area contributed by atoms with Gasteiger partial charge in [-0.3, -0.25) is 4.79 Å². The Morgan fingerprint density at radius 2 is 2.15 bits per heavy atom. The van der Waals surface area contributed by atoms with Crippen molar-refractivity contribution in [1.29, 1.82) is 0 Å². The molecule has 1 unspecified atom stereocenters. The van der Waals surface area contributed by atoms with Crippen LogP contribution in [0.2, 0.25) is 0 Å². The minimum Gasteiger partial charge on any atom is -0.478 e. The highest BCUT2D eigenvalue weighted by atomic mass is 32.1. The van der Waals surface area contributed by atoms with Crippen LogP contribution in [0.25, 0.3) is 0 Å². The van der Waals surface area contributed by atoms with E-state index in [1.54, 1.807) is 5.38 Å². The van der Waals surface area contributed by atoms with Gasteiger partial charge < -0.3 is 10.8 Å². The highest BCUT2D eigenvalue weighted by Crippen LogP contribution is 2.21. The van der Waals surface area contributed by atoms with Gasteiger partial charge in [-0.1, -0.05) is 0 Å². The van der Waals surface area contributed by atoms with E-state index in [9.17, 15) is 9.59 Å². The van der Waals surface area contributed by atoms with E-state index in [2.05, 4.69) is 0 Å². The second kappa shape index (κ2) is 3.68. The highest BCUT2D eigenvalue weighted by Gasteiger charge is 2.19. The first-order chi connectivity index (χ1) is 6.04. The molecule has 4 nitrogen and oxygen atoms in total. The number of hydrogen-bond acceptors (Lipinski definition) is 4. The van der Waals surface area contributed by atoms with Gasteiger partial charge in [0.15, 0.2) is 5.78 Å². The van der Waals surface area contributed by atoms with Crippen LogP contribution in [-0.2, 0) is 4.79 Å². The van der Waals surface area contributed by atoms with Crippen LogP contribution in [0.1, 0.15) is 28.9 Å². The van der Waals surface area contributed by atoms with Crippen LogP contribution in [0, 0.1) is 0 Å². The molecule has 13 heavy (non-hydrogen) atoms. The van der Waals surface area contributed by atoms with Gasteiger partial charge in [0.2, 0.25) is 0 Å². The molecule has 0 fully saturated rings. The number of aromatic carboxylic acids is 1. The molecule has 1 atom stereocenters. The number of ketones is 1. The minimum absolute atomic E-state index is 0.118. The Labute approximate surface area is 79.0 Å². The summed E-state index contributed by atoms with van der Waals surface area (Å²) < 4.78 is 0. The van der Waals surface area contributed by atoms with Crippen molar-refractivity contribution in [2.24, 2.45) is 5.73 Å². The van der Waals surface area contributed by atoms with Crippen LogP contribution in [0.15, 0.2) is 10.8 Å². The van der Waals surface area contributed by atoms with Gasteiger partial charge in [0.05, 0.1) is 11.6 Å². The second-order valence-electron chi connectivity index (χ2n) is 2.63. The number of thiophene rings is 1. The molecule has 3 N–H and O–H groups in total. The number of carbonyl (C=O) groups excluding carboxylic acids is 1. The number of rotatable bonds is 3. The molecule has 0 spiro atoms. The Balaban J connectivity index is 3.07. The first-order valence-electron chi connectivity index (χ1n) is 3.59. The third-order valence-corrected chi connectivity index (χ3v) is 2.46. The molecule has 1 aromatic rings. The predicted molar refractivity (Wildman–Crippen MR) is 48.9 cm³/mol. The fraction of sp³-hybridized carbons (Fsp3) is 0.250. The Kier molecular flexibility index (Phi) is 2.79. The fourth-order valence-electron chi connectivity index (χ4n) is 0.941. The van der Waals surface area contributed by atoms with Crippen molar-refractivity contribution in [3.8, 4) is 0 Å². The summed E-state index contributed by atoms with van der Waals surface area (Å²) in [4.78, 5) is 21.6. The maximum Gasteiger partial charge on any atom is 0.336 e. The Morgan fingerprint density at radius 3 is 2.62 bits per heavy atom. The van der Waals surface area contributed by atoms with Gasteiger partial charge in [0.1, 0.15) is 0 Å². The van der Waals surface area contributed by atoms with Crippen LogP contribution in [0.5, 0.6) is 0 Å². The summed E-state index contributed by atoms with van der Waals surface area (Å²) in [5, 5.41) is 11.8. The summed E-state index contributed by atoms with van der Waals surface area (Å²) in [6, 6.07) is -0.822. The highest BCUT2D eigenvalue weighted by molar-refractivity contribution is 7.08. The summed E-state index contributed by atoms with van der Waals surface area (Å²) in [5.74, 6) is -1.28. The van der Waals surface area contributed by atoms with Crippen molar-refractivity contribution in [1.82, 2.24) is 0 Å². The van der Waals surface area contributed by atoms with E-state index in [4.69, 9.17) is 10.8 Å². The SMILES string of the molecule is CC(=O)C(N)c1cscc1C(=O)O. The number of carbonyl (C=O) groups is 2. The maximum atomic E-state index is 10.9. The molecule has 5 heteroatoms. The van der Waals surface area contributed by atoms with Gasteiger partial charge in [-0.05, 0) is 12.3 Å². The predicted octanol–water partition coefficient (Wildman–Crippen LogP) is 1.04. The molecule has 0 aliphatic heterocycles. The Hall–Kier alpha value is -1.20. The molecule has 1 rings (SSSR count). The first kappa shape index (κ1) is 9.88. The number of hydrogen-bond donors (Lipinski definition) is 2. The van der Waals surface area contributed by atoms with E-state index in [1.807, 2.05) is 0 Å². The smallest absolute Gasteiger partial charge is 0.336 e. The minimum atomic E-state index is -1.05. The number of Topliss-reactive ketones (excluding diaryl/α,β-unsaturated/α-hetero) is 1. The molecular weight excluding hydrogens is 190 g/mol. The number of carboxylic acids is 1. The summed E-state index contributed by atoms with van der Waals surface area (Å²) in [6.45, 7) is 1.34. The van der Waals surface area contributed by atoms with E-state index in [1.165, 1.54) is 23.6 Å². The van der Waals surface area contributed by atoms with Gasteiger partial charge in [-0.2, -0.15) is 11.3 Å². The molecule has 0 aliphatic rings. The lowest BCUT2D eigenvalue weighted by molar-refractivity contribution is -0.118. The lowest BCUT2D eigenvalue weighted by Gasteiger charge is -2.06. The summed E-state index contributed by atoms with van der Waals surface area (Å²) in [6.07, 6.45) is 0. The van der Waals surface area contributed by atoms with Gasteiger partial charge in [-0.25, -0.2) is 4.79 Å². The van der Waals surface area contributed by atoms with E-state index in [-0.39, 0.29) is 11.3 Å². The lowest BCUT2D eigenvalue weighted by atomic mass is 10.0.